The second-order valence-corrected chi connectivity index (χ2v) is 13.2. The van der Waals surface area contributed by atoms with E-state index in [4.69, 9.17) is 9.81 Å². The lowest BCUT2D eigenvalue weighted by Gasteiger charge is -2.14. The van der Waals surface area contributed by atoms with Gasteiger partial charge in [0.2, 0.25) is 11.9 Å². The third-order valence-corrected chi connectivity index (χ3v) is 7.25. The summed E-state index contributed by atoms with van der Waals surface area (Å²) in [6.45, 7) is 2.44. The first kappa shape index (κ1) is 40.4. The van der Waals surface area contributed by atoms with E-state index in [1.807, 2.05) is 0 Å². The second kappa shape index (κ2) is 18.3. The zero-order chi connectivity index (χ0) is 37.8. The number of aromatic hydroxyl groups is 1. The van der Waals surface area contributed by atoms with Gasteiger partial charge in [-0.25, -0.2) is 19.6 Å². The maximum absolute atomic E-state index is 12.8. The lowest BCUT2D eigenvalue weighted by atomic mass is 10.1. The van der Waals surface area contributed by atoms with Gasteiger partial charge in [-0.1, -0.05) is 23.2 Å². The number of anilines is 3. The van der Waals surface area contributed by atoms with Crippen molar-refractivity contribution in [3.63, 3.8) is 0 Å². The van der Waals surface area contributed by atoms with Crippen molar-refractivity contribution in [2.24, 2.45) is 10.2 Å². The summed E-state index contributed by atoms with van der Waals surface area (Å²) in [5.41, 5.74) is -0.0297. The minimum absolute atomic E-state index is 0.105. The van der Waals surface area contributed by atoms with Gasteiger partial charge in [-0.15, -0.1) is 14.6 Å². The molecule has 6 N–H and O–H groups in total. The highest BCUT2D eigenvalue weighted by Gasteiger charge is 2.20. The Morgan fingerprint density at radius 2 is 1.63 bits per heavy atom. The largest absolute Gasteiger partial charge is 0.505 e. The molecule has 5 rings (SSSR count). The number of halogens is 2. The SMILES string of the molecule is CS(=O)(=O)O.Cc1nc(C)nc(Nc2cccc3cc(SOOO)c(N=Nc4cc(NCF)ccc4S(=O)(=O)O)c(O)c23)n1.Fc1ccccn1. The molecule has 0 fully saturated rings. The van der Waals surface area contributed by atoms with Crippen LogP contribution in [0.2, 0.25) is 0 Å². The summed E-state index contributed by atoms with van der Waals surface area (Å²) < 4.78 is 88.3. The van der Waals surface area contributed by atoms with E-state index in [2.05, 4.69) is 50.2 Å². The maximum Gasteiger partial charge on any atom is 0.296 e. The van der Waals surface area contributed by atoms with Gasteiger partial charge in [-0.05, 0) is 61.7 Å². The van der Waals surface area contributed by atoms with Crippen molar-refractivity contribution in [1.29, 1.82) is 0 Å². The molecule has 0 aliphatic rings. The molecule has 18 nitrogen and oxygen atoms in total. The number of pyridine rings is 1. The molecule has 0 aliphatic carbocycles. The number of aromatic nitrogens is 4. The Balaban J connectivity index is 0.000000496. The van der Waals surface area contributed by atoms with Gasteiger partial charge in [0.05, 0.1) is 28.9 Å². The highest BCUT2D eigenvalue weighted by atomic mass is 32.2. The van der Waals surface area contributed by atoms with Crippen molar-refractivity contribution in [2.75, 3.05) is 23.7 Å². The molecule has 2 aromatic heterocycles. The number of nitrogens with one attached hydrogen (secondary N) is 2. The average molecular weight is 771 g/mol. The van der Waals surface area contributed by atoms with Gasteiger partial charge in [0.15, 0.2) is 12.5 Å². The minimum Gasteiger partial charge on any atom is -0.505 e. The fourth-order valence-corrected chi connectivity index (χ4v) is 5.05. The Morgan fingerprint density at radius 1 is 0.941 bits per heavy atom. The minimum atomic E-state index is -4.74. The van der Waals surface area contributed by atoms with E-state index in [1.165, 1.54) is 24.4 Å². The standard InChI is InChI=1S/C22H20FN7O7S2.C5H4FN.CH4O3S/c1-11-25-12(2)27-22(26-11)28-15-5-3-4-13-8-17(38-37-36-32)20(21(31)19(13)15)30-29-16-9-14(24-10-23)6-7-18(16)39(33,34)35;6-5-3-1-2-4-7-5;1-5(2,3)4/h3-9,24,31-32H,10H2,1-2H3,(H,33,34,35)(H,25,26,27,28);1-4H;1H3,(H,2,3,4). The molecule has 0 spiro atoms. The molecule has 0 radical (unpaired) electrons. The number of hydrogen-bond donors (Lipinski definition) is 6. The van der Waals surface area contributed by atoms with E-state index in [1.54, 1.807) is 44.2 Å². The molecule has 0 bridgehead atoms. The topological polar surface area (TPSA) is 268 Å². The lowest BCUT2D eigenvalue weighted by Crippen LogP contribution is -2.03. The van der Waals surface area contributed by atoms with Crippen molar-refractivity contribution in [1.82, 2.24) is 19.9 Å². The van der Waals surface area contributed by atoms with E-state index in [0.717, 1.165) is 12.1 Å². The molecule has 51 heavy (non-hydrogen) atoms. The van der Waals surface area contributed by atoms with Gasteiger partial charge < -0.3 is 15.7 Å². The summed E-state index contributed by atoms with van der Waals surface area (Å²) in [7, 11) is -8.40. The predicted molar refractivity (Wildman–Crippen MR) is 181 cm³/mol. The first-order valence-electron chi connectivity index (χ1n) is 13.7. The highest BCUT2D eigenvalue weighted by Crippen LogP contribution is 2.47. The lowest BCUT2D eigenvalue weighted by molar-refractivity contribution is -0.432. The molecule has 0 atom stereocenters. The molecule has 0 saturated carbocycles. The van der Waals surface area contributed by atoms with Crippen LogP contribution < -0.4 is 10.6 Å². The molecule has 5 aromatic rings. The van der Waals surface area contributed by atoms with Crippen molar-refractivity contribution < 1.29 is 54.5 Å². The van der Waals surface area contributed by atoms with E-state index in [-0.39, 0.29) is 33.3 Å². The van der Waals surface area contributed by atoms with Crippen molar-refractivity contribution in [3.05, 3.63) is 84.5 Å². The molecular weight excluding hydrogens is 743 g/mol. The predicted octanol–water partition coefficient (Wildman–Crippen LogP) is 6.24. The highest BCUT2D eigenvalue weighted by molar-refractivity contribution is 7.94. The van der Waals surface area contributed by atoms with Crippen LogP contribution in [0.4, 0.5) is 37.5 Å². The fourth-order valence-electron chi connectivity index (χ4n) is 3.95. The number of azo groups is 1. The Labute approximate surface area is 293 Å². The van der Waals surface area contributed by atoms with Crippen LogP contribution in [-0.4, -0.2) is 69.3 Å². The second-order valence-electron chi connectivity index (χ2n) is 9.63. The van der Waals surface area contributed by atoms with Gasteiger partial charge in [0.1, 0.15) is 27.9 Å². The number of benzene rings is 3. The van der Waals surface area contributed by atoms with Crippen LogP contribution in [0.3, 0.4) is 0 Å². The van der Waals surface area contributed by atoms with Gasteiger partial charge in [0, 0.05) is 17.3 Å². The zero-order valence-corrected chi connectivity index (χ0v) is 28.9. The van der Waals surface area contributed by atoms with Crippen molar-refractivity contribution >= 4 is 71.7 Å². The van der Waals surface area contributed by atoms with Crippen LogP contribution in [0.5, 0.6) is 5.75 Å². The molecular formula is C28H28F2N8O10S3. The smallest absolute Gasteiger partial charge is 0.296 e. The Bertz CT molecular complexity index is 2190. The van der Waals surface area contributed by atoms with Gasteiger partial charge in [-0.3, -0.25) is 9.11 Å². The molecule has 272 valence electrons. The van der Waals surface area contributed by atoms with E-state index in [0.29, 0.717) is 41.0 Å². The zero-order valence-electron chi connectivity index (χ0n) is 26.5. The van der Waals surface area contributed by atoms with Crippen molar-refractivity contribution in [3.8, 4) is 5.75 Å². The van der Waals surface area contributed by atoms with Crippen LogP contribution in [0, 0.1) is 19.8 Å². The normalized spacial score (nSPS) is 11.4. The monoisotopic (exact) mass is 770 g/mol. The molecule has 2 heterocycles. The third-order valence-electron chi connectivity index (χ3n) is 5.73. The number of rotatable bonds is 10. The summed E-state index contributed by atoms with van der Waals surface area (Å²) in [6, 6.07) is 14.5. The van der Waals surface area contributed by atoms with E-state index < -0.39 is 43.6 Å². The first-order chi connectivity index (χ1) is 24.0. The summed E-state index contributed by atoms with van der Waals surface area (Å²) >= 11 is 0.477. The average Bonchev–Trinajstić information content (AvgIpc) is 3.02. The van der Waals surface area contributed by atoms with Crippen molar-refractivity contribution in [2.45, 2.75) is 23.6 Å². The van der Waals surface area contributed by atoms with Crippen LogP contribution in [-0.2, 0) is 29.6 Å². The van der Waals surface area contributed by atoms with Crippen LogP contribution in [0.1, 0.15) is 11.6 Å². The molecule has 23 heteroatoms. The number of nitrogens with zero attached hydrogens (tertiary/aromatic N) is 6. The molecule has 0 amide bonds. The van der Waals surface area contributed by atoms with E-state index in [9.17, 15) is 35.3 Å². The quantitative estimate of drug-likeness (QED) is 0.0174. The third kappa shape index (κ3) is 13.0. The van der Waals surface area contributed by atoms with Gasteiger partial charge >= 0.3 is 0 Å². The number of hydrogen-bond acceptors (Lipinski definition) is 17. The van der Waals surface area contributed by atoms with Crippen LogP contribution >= 0.6 is 12.0 Å². The molecule has 0 saturated heterocycles. The first-order valence-corrected chi connectivity index (χ1v) is 17.7. The number of fused-ring (bicyclic) bond motifs is 1. The van der Waals surface area contributed by atoms with Crippen LogP contribution in [0.25, 0.3) is 10.8 Å². The molecule has 3 aromatic carbocycles. The Kier molecular flexibility index (Phi) is 14.5. The molecule has 0 unspecified atom stereocenters. The number of phenolic OH excluding ortho intramolecular Hbond substituents is 1. The summed E-state index contributed by atoms with van der Waals surface area (Å²) in [4.78, 5) is 15.4. The van der Waals surface area contributed by atoms with Gasteiger partial charge in [0.25, 0.3) is 20.2 Å². The molecule has 0 aliphatic heterocycles. The summed E-state index contributed by atoms with van der Waals surface area (Å²) in [5.74, 6) is 0.325. The summed E-state index contributed by atoms with van der Waals surface area (Å²) in [6.07, 6.45) is 2.13. The van der Waals surface area contributed by atoms with Crippen LogP contribution in [0.15, 0.2) is 86.9 Å². The number of aryl methyl sites for hydroxylation is 2. The number of phenols is 1. The van der Waals surface area contributed by atoms with Gasteiger partial charge in [-0.2, -0.15) is 31.2 Å². The Hall–Kier alpha value is -5.01. The summed E-state index contributed by atoms with van der Waals surface area (Å²) in [5, 5.41) is 37.6. The van der Waals surface area contributed by atoms with E-state index >= 15 is 0 Å². The fraction of sp³-hybridized carbons (Fsp3) is 0.143. The maximum atomic E-state index is 12.8. The number of alkyl halides is 1. The Morgan fingerprint density at radius 3 is 2.18 bits per heavy atom.